The second kappa shape index (κ2) is 7.75. The van der Waals surface area contributed by atoms with E-state index < -0.39 is 4.92 Å². The molecule has 3 aromatic rings. The van der Waals surface area contributed by atoms with Crippen LogP contribution in [0.1, 0.15) is 16.7 Å². The van der Waals surface area contributed by atoms with E-state index in [1.165, 1.54) is 23.9 Å². The van der Waals surface area contributed by atoms with E-state index in [-0.39, 0.29) is 17.3 Å². The topological polar surface area (TPSA) is 85.1 Å². The van der Waals surface area contributed by atoms with Gasteiger partial charge in [-0.2, -0.15) is 0 Å². The molecule has 27 heavy (non-hydrogen) atoms. The molecule has 7 heteroatoms. The fourth-order valence-corrected chi connectivity index (χ4v) is 3.60. The monoisotopic (exact) mass is 381 g/mol. The first-order chi connectivity index (χ1) is 12.8. The molecule has 1 aromatic heterocycles. The maximum atomic E-state index is 12.3. The number of aromatic nitrogens is 1. The number of pyridine rings is 1. The van der Waals surface area contributed by atoms with Crippen molar-refractivity contribution in [2.45, 2.75) is 25.8 Å². The maximum absolute atomic E-state index is 12.3. The molecule has 1 amide bonds. The number of rotatable bonds is 5. The van der Waals surface area contributed by atoms with E-state index in [0.717, 1.165) is 27.1 Å². The highest BCUT2D eigenvalue weighted by molar-refractivity contribution is 7.99. The Hall–Kier alpha value is -2.93. The zero-order valence-electron chi connectivity index (χ0n) is 15.3. The van der Waals surface area contributed by atoms with Gasteiger partial charge in [0.25, 0.3) is 5.69 Å². The SMILES string of the molecule is Cc1cc([N+](=O)[O-])ccc1NC(=O)CSc1cc(C)c2cccc(C)c2n1. The molecule has 0 saturated heterocycles. The maximum Gasteiger partial charge on any atom is 0.269 e. The van der Waals surface area contributed by atoms with Gasteiger partial charge in [0.1, 0.15) is 0 Å². The summed E-state index contributed by atoms with van der Waals surface area (Å²) in [6.45, 7) is 5.79. The van der Waals surface area contributed by atoms with Crippen molar-refractivity contribution in [2.24, 2.45) is 0 Å². The number of hydrogen-bond donors (Lipinski definition) is 1. The summed E-state index contributed by atoms with van der Waals surface area (Å²) in [5, 5.41) is 15.5. The number of anilines is 1. The summed E-state index contributed by atoms with van der Waals surface area (Å²) in [4.78, 5) is 27.3. The first-order valence-corrected chi connectivity index (χ1v) is 9.38. The quantitative estimate of drug-likeness (QED) is 0.390. The summed E-state index contributed by atoms with van der Waals surface area (Å²) in [7, 11) is 0. The predicted molar refractivity (Wildman–Crippen MR) is 108 cm³/mol. The van der Waals surface area contributed by atoms with Crippen LogP contribution in [0.2, 0.25) is 0 Å². The van der Waals surface area contributed by atoms with E-state index in [1.807, 2.05) is 38.1 Å². The molecule has 1 heterocycles. The largest absolute Gasteiger partial charge is 0.325 e. The molecule has 2 aromatic carbocycles. The van der Waals surface area contributed by atoms with Crippen molar-refractivity contribution in [3.63, 3.8) is 0 Å². The van der Waals surface area contributed by atoms with Crippen LogP contribution in [0, 0.1) is 30.9 Å². The minimum Gasteiger partial charge on any atom is -0.325 e. The number of nitro benzene ring substituents is 1. The van der Waals surface area contributed by atoms with Crippen LogP contribution in [-0.4, -0.2) is 21.6 Å². The van der Waals surface area contributed by atoms with Gasteiger partial charge in [-0.05, 0) is 49.6 Å². The Balaban J connectivity index is 1.70. The van der Waals surface area contributed by atoms with E-state index in [1.54, 1.807) is 13.0 Å². The molecule has 0 fully saturated rings. The van der Waals surface area contributed by atoms with Gasteiger partial charge >= 0.3 is 0 Å². The zero-order chi connectivity index (χ0) is 19.6. The van der Waals surface area contributed by atoms with Gasteiger partial charge in [0.15, 0.2) is 0 Å². The van der Waals surface area contributed by atoms with Gasteiger partial charge in [-0.1, -0.05) is 30.0 Å². The molecule has 0 aliphatic heterocycles. The Bertz CT molecular complexity index is 1050. The van der Waals surface area contributed by atoms with Crippen molar-refractivity contribution in [2.75, 3.05) is 11.1 Å². The zero-order valence-corrected chi connectivity index (χ0v) is 16.1. The number of thioether (sulfide) groups is 1. The van der Waals surface area contributed by atoms with Crippen LogP contribution in [-0.2, 0) is 4.79 Å². The van der Waals surface area contributed by atoms with Gasteiger partial charge < -0.3 is 5.32 Å². The number of aryl methyl sites for hydroxylation is 3. The van der Waals surface area contributed by atoms with Crippen molar-refractivity contribution in [1.29, 1.82) is 0 Å². The normalized spacial score (nSPS) is 10.8. The van der Waals surface area contributed by atoms with Gasteiger partial charge in [-0.3, -0.25) is 14.9 Å². The number of benzene rings is 2. The Morgan fingerprint density at radius 3 is 2.59 bits per heavy atom. The lowest BCUT2D eigenvalue weighted by Crippen LogP contribution is -2.15. The van der Waals surface area contributed by atoms with Crippen molar-refractivity contribution in [1.82, 2.24) is 4.98 Å². The molecule has 0 atom stereocenters. The van der Waals surface area contributed by atoms with Gasteiger partial charge in [-0.25, -0.2) is 4.98 Å². The number of carbonyl (C=O) groups excluding carboxylic acids is 1. The standard InChI is InChI=1S/C20H19N3O3S/c1-12-5-4-6-16-13(2)10-19(22-20(12)16)27-11-18(24)21-17-8-7-15(23(25)26)9-14(17)3/h4-10H,11H2,1-3H3,(H,21,24). The predicted octanol–water partition coefficient (Wildman–Crippen LogP) is 4.80. The van der Waals surface area contributed by atoms with Crippen LogP contribution in [0.15, 0.2) is 47.5 Å². The van der Waals surface area contributed by atoms with Crippen LogP contribution in [0.5, 0.6) is 0 Å². The summed E-state index contributed by atoms with van der Waals surface area (Å²) >= 11 is 1.37. The number of nitrogens with one attached hydrogen (secondary N) is 1. The molecular formula is C20H19N3O3S. The lowest BCUT2D eigenvalue weighted by Gasteiger charge is -2.10. The highest BCUT2D eigenvalue weighted by atomic mass is 32.2. The second-order valence-electron chi connectivity index (χ2n) is 6.34. The van der Waals surface area contributed by atoms with Crippen LogP contribution >= 0.6 is 11.8 Å². The Kier molecular flexibility index (Phi) is 5.41. The van der Waals surface area contributed by atoms with Crippen molar-refractivity contribution in [3.05, 3.63) is 69.3 Å². The molecule has 0 unspecified atom stereocenters. The van der Waals surface area contributed by atoms with Crippen LogP contribution in [0.3, 0.4) is 0 Å². The Labute approximate surface area is 161 Å². The summed E-state index contributed by atoms with van der Waals surface area (Å²) < 4.78 is 0. The summed E-state index contributed by atoms with van der Waals surface area (Å²) in [6, 6.07) is 12.4. The number of nitro groups is 1. The van der Waals surface area contributed by atoms with E-state index in [4.69, 9.17) is 0 Å². The minimum atomic E-state index is -0.454. The van der Waals surface area contributed by atoms with Crippen molar-refractivity contribution in [3.8, 4) is 0 Å². The summed E-state index contributed by atoms with van der Waals surface area (Å²) in [5.74, 6) is 0.0292. The number of fused-ring (bicyclic) bond motifs is 1. The molecule has 0 aliphatic rings. The smallest absolute Gasteiger partial charge is 0.269 e. The van der Waals surface area contributed by atoms with Gasteiger partial charge in [0.2, 0.25) is 5.91 Å². The molecule has 0 radical (unpaired) electrons. The lowest BCUT2D eigenvalue weighted by molar-refractivity contribution is -0.384. The third-order valence-electron chi connectivity index (χ3n) is 4.27. The molecule has 3 rings (SSSR count). The molecule has 138 valence electrons. The molecule has 1 N–H and O–H groups in total. The van der Waals surface area contributed by atoms with Crippen molar-refractivity contribution < 1.29 is 9.72 Å². The van der Waals surface area contributed by atoms with Crippen LogP contribution in [0.4, 0.5) is 11.4 Å². The first-order valence-electron chi connectivity index (χ1n) is 8.40. The summed E-state index contributed by atoms with van der Waals surface area (Å²) in [6.07, 6.45) is 0. The van der Waals surface area contributed by atoms with Gasteiger partial charge in [-0.15, -0.1) is 0 Å². The van der Waals surface area contributed by atoms with Gasteiger partial charge in [0.05, 0.1) is 21.2 Å². The number of non-ortho nitro benzene ring substituents is 1. The van der Waals surface area contributed by atoms with E-state index >= 15 is 0 Å². The summed E-state index contributed by atoms with van der Waals surface area (Å²) in [5.41, 5.74) is 4.40. The molecule has 6 nitrogen and oxygen atoms in total. The van der Waals surface area contributed by atoms with E-state index in [0.29, 0.717) is 11.3 Å². The van der Waals surface area contributed by atoms with Crippen molar-refractivity contribution >= 4 is 39.9 Å². The minimum absolute atomic E-state index is 0.00563. The molecule has 0 bridgehead atoms. The lowest BCUT2D eigenvalue weighted by atomic mass is 10.1. The number of para-hydroxylation sites is 1. The average Bonchev–Trinajstić information content (AvgIpc) is 2.62. The van der Waals surface area contributed by atoms with Gasteiger partial charge in [0, 0.05) is 23.2 Å². The van der Waals surface area contributed by atoms with Crippen LogP contribution < -0.4 is 5.32 Å². The number of amides is 1. The highest BCUT2D eigenvalue weighted by Crippen LogP contribution is 2.26. The third kappa shape index (κ3) is 4.25. The van der Waals surface area contributed by atoms with Crippen LogP contribution in [0.25, 0.3) is 10.9 Å². The van der Waals surface area contributed by atoms with E-state index in [2.05, 4.69) is 10.3 Å². The number of carbonyl (C=O) groups is 1. The number of hydrogen-bond acceptors (Lipinski definition) is 5. The molecule has 0 saturated carbocycles. The average molecular weight is 381 g/mol. The van der Waals surface area contributed by atoms with E-state index in [9.17, 15) is 14.9 Å². The fraction of sp³-hybridized carbons (Fsp3) is 0.200. The number of nitrogens with zero attached hydrogens (tertiary/aromatic N) is 2. The molecular weight excluding hydrogens is 362 g/mol. The molecule has 0 spiro atoms. The fourth-order valence-electron chi connectivity index (χ4n) is 2.83. The second-order valence-corrected chi connectivity index (χ2v) is 7.34. The first kappa shape index (κ1) is 18.8. The molecule has 0 aliphatic carbocycles. The Morgan fingerprint density at radius 2 is 1.89 bits per heavy atom. The Morgan fingerprint density at radius 1 is 1.11 bits per heavy atom. The highest BCUT2D eigenvalue weighted by Gasteiger charge is 2.12. The third-order valence-corrected chi connectivity index (χ3v) is 5.18.